The topological polar surface area (TPSA) is 104 Å². The van der Waals surface area contributed by atoms with Crippen LogP contribution in [-0.2, 0) is 5.41 Å². The van der Waals surface area contributed by atoms with Gasteiger partial charge in [-0.05, 0) is 41.3 Å². The van der Waals surface area contributed by atoms with Gasteiger partial charge in [0.2, 0.25) is 0 Å². The van der Waals surface area contributed by atoms with Gasteiger partial charge in [-0.15, -0.1) is 0 Å². The molecule has 0 aliphatic carbocycles. The third kappa shape index (κ3) is 4.25. The average molecular weight is 327 g/mol. The SMILES string of the molecule is CC(C)(C)c1cccc(Nc2ccc(NC(N)=O)cc2C(=O)O)c1. The highest BCUT2D eigenvalue weighted by Gasteiger charge is 2.15. The van der Waals surface area contributed by atoms with Crippen LogP contribution in [0.4, 0.5) is 21.9 Å². The zero-order chi connectivity index (χ0) is 17.9. The molecule has 5 N–H and O–H groups in total. The van der Waals surface area contributed by atoms with E-state index in [4.69, 9.17) is 5.73 Å². The monoisotopic (exact) mass is 327 g/mol. The Balaban J connectivity index is 2.36. The van der Waals surface area contributed by atoms with E-state index < -0.39 is 12.0 Å². The maximum Gasteiger partial charge on any atom is 0.337 e. The van der Waals surface area contributed by atoms with Gasteiger partial charge in [0.15, 0.2) is 0 Å². The van der Waals surface area contributed by atoms with Crippen LogP contribution < -0.4 is 16.4 Å². The molecule has 0 aliphatic heterocycles. The number of nitrogens with two attached hydrogens (primary N) is 1. The first-order valence-corrected chi connectivity index (χ1v) is 7.48. The standard InChI is InChI=1S/C18H21N3O3/c1-18(2,3)11-5-4-6-12(9-11)20-15-8-7-13(21-17(19)24)10-14(15)16(22)23/h4-10,20H,1-3H3,(H,22,23)(H3,19,21,24). The Morgan fingerprint density at radius 2 is 1.75 bits per heavy atom. The molecule has 2 rings (SSSR count). The fourth-order valence-corrected chi connectivity index (χ4v) is 2.27. The minimum absolute atomic E-state index is 0.0113. The number of carbonyl (C=O) groups is 2. The van der Waals surface area contributed by atoms with E-state index in [2.05, 4.69) is 31.4 Å². The van der Waals surface area contributed by atoms with Crippen molar-refractivity contribution in [1.29, 1.82) is 0 Å². The molecule has 0 aromatic heterocycles. The van der Waals surface area contributed by atoms with Crippen molar-refractivity contribution < 1.29 is 14.7 Å². The molecule has 0 heterocycles. The number of amides is 2. The summed E-state index contributed by atoms with van der Waals surface area (Å²) in [5, 5.41) is 14.9. The van der Waals surface area contributed by atoms with Crippen molar-refractivity contribution in [3.8, 4) is 0 Å². The van der Waals surface area contributed by atoms with Crippen molar-refractivity contribution in [3.05, 3.63) is 53.6 Å². The van der Waals surface area contributed by atoms with E-state index in [1.54, 1.807) is 12.1 Å². The second kappa shape index (κ2) is 6.62. The van der Waals surface area contributed by atoms with Crippen molar-refractivity contribution >= 4 is 29.1 Å². The number of carboxylic acid groups (broad SMARTS) is 1. The normalized spacial score (nSPS) is 11.0. The molecule has 2 aromatic carbocycles. The smallest absolute Gasteiger partial charge is 0.337 e. The van der Waals surface area contributed by atoms with Gasteiger partial charge >= 0.3 is 12.0 Å². The molecule has 0 saturated carbocycles. The first-order valence-electron chi connectivity index (χ1n) is 7.48. The van der Waals surface area contributed by atoms with E-state index >= 15 is 0 Å². The first-order chi connectivity index (χ1) is 11.2. The van der Waals surface area contributed by atoms with Crippen LogP contribution >= 0.6 is 0 Å². The molecule has 0 spiro atoms. The zero-order valence-electron chi connectivity index (χ0n) is 13.9. The number of carbonyl (C=O) groups excluding carboxylic acids is 1. The lowest BCUT2D eigenvalue weighted by Crippen LogP contribution is -2.19. The summed E-state index contributed by atoms with van der Waals surface area (Å²) in [7, 11) is 0. The van der Waals surface area contributed by atoms with E-state index in [0.29, 0.717) is 11.4 Å². The predicted molar refractivity (Wildman–Crippen MR) is 95.0 cm³/mol. The number of anilines is 3. The number of rotatable bonds is 4. The Bertz CT molecular complexity index is 779. The van der Waals surface area contributed by atoms with Crippen molar-refractivity contribution in [2.75, 3.05) is 10.6 Å². The van der Waals surface area contributed by atoms with Crippen LogP contribution in [0.3, 0.4) is 0 Å². The second-order valence-electron chi connectivity index (χ2n) is 6.51. The lowest BCUT2D eigenvalue weighted by Gasteiger charge is -2.20. The van der Waals surface area contributed by atoms with Gasteiger partial charge in [0.1, 0.15) is 0 Å². The number of primary amides is 1. The molecule has 0 unspecified atom stereocenters. The quantitative estimate of drug-likeness (QED) is 0.683. The Morgan fingerprint density at radius 1 is 1.04 bits per heavy atom. The summed E-state index contributed by atoms with van der Waals surface area (Å²) in [4.78, 5) is 22.4. The first kappa shape index (κ1) is 17.3. The molecule has 2 aromatic rings. The van der Waals surface area contributed by atoms with Crippen LogP contribution in [0.25, 0.3) is 0 Å². The summed E-state index contributed by atoms with van der Waals surface area (Å²) in [6.07, 6.45) is 0. The van der Waals surface area contributed by atoms with E-state index in [0.717, 1.165) is 11.3 Å². The predicted octanol–water partition coefficient (Wildman–Crippen LogP) is 3.92. The van der Waals surface area contributed by atoms with E-state index in [1.807, 2.05) is 24.3 Å². The lowest BCUT2D eigenvalue weighted by atomic mass is 9.87. The average Bonchev–Trinajstić information content (AvgIpc) is 2.47. The maximum absolute atomic E-state index is 11.5. The Kier molecular flexibility index (Phi) is 4.78. The number of hydrogen-bond donors (Lipinski definition) is 4. The van der Waals surface area contributed by atoms with Gasteiger partial charge in [-0.25, -0.2) is 9.59 Å². The highest BCUT2D eigenvalue weighted by atomic mass is 16.4. The number of benzene rings is 2. The number of carboxylic acids is 1. The number of nitrogens with one attached hydrogen (secondary N) is 2. The summed E-state index contributed by atoms with van der Waals surface area (Å²) in [6.45, 7) is 6.33. The van der Waals surface area contributed by atoms with Crippen LogP contribution in [0.2, 0.25) is 0 Å². The number of aromatic carboxylic acids is 1. The van der Waals surface area contributed by atoms with Crippen LogP contribution in [0.15, 0.2) is 42.5 Å². The second-order valence-corrected chi connectivity index (χ2v) is 6.51. The third-order valence-corrected chi connectivity index (χ3v) is 3.53. The molecule has 2 amide bonds. The number of urea groups is 1. The van der Waals surface area contributed by atoms with Crippen molar-refractivity contribution in [1.82, 2.24) is 0 Å². The molecule has 24 heavy (non-hydrogen) atoms. The summed E-state index contributed by atoms with van der Waals surface area (Å²) in [5.41, 5.74) is 7.78. The molecule has 6 heteroatoms. The maximum atomic E-state index is 11.5. The van der Waals surface area contributed by atoms with Crippen LogP contribution in [-0.4, -0.2) is 17.1 Å². The van der Waals surface area contributed by atoms with Crippen LogP contribution in [0.5, 0.6) is 0 Å². The van der Waals surface area contributed by atoms with Gasteiger partial charge in [-0.2, -0.15) is 0 Å². The van der Waals surface area contributed by atoms with Crippen molar-refractivity contribution in [2.24, 2.45) is 5.73 Å². The summed E-state index contributed by atoms with van der Waals surface area (Å²) < 4.78 is 0. The highest BCUT2D eigenvalue weighted by molar-refractivity contribution is 5.98. The Labute approximate surface area is 140 Å². The largest absolute Gasteiger partial charge is 0.478 e. The van der Waals surface area contributed by atoms with Crippen molar-refractivity contribution in [2.45, 2.75) is 26.2 Å². The minimum atomic E-state index is -1.10. The fourth-order valence-electron chi connectivity index (χ4n) is 2.27. The van der Waals surface area contributed by atoms with E-state index in [-0.39, 0.29) is 11.0 Å². The molecule has 0 saturated heterocycles. The fraction of sp³-hybridized carbons (Fsp3) is 0.222. The van der Waals surface area contributed by atoms with E-state index in [9.17, 15) is 14.7 Å². The lowest BCUT2D eigenvalue weighted by molar-refractivity contribution is 0.0698. The minimum Gasteiger partial charge on any atom is -0.478 e. The van der Waals surface area contributed by atoms with Gasteiger partial charge in [-0.3, -0.25) is 0 Å². The summed E-state index contributed by atoms with van der Waals surface area (Å²) in [6, 6.07) is 11.6. The molecule has 126 valence electrons. The van der Waals surface area contributed by atoms with Gasteiger partial charge in [0.05, 0.1) is 11.3 Å². The molecule has 0 radical (unpaired) electrons. The molecular formula is C18H21N3O3. The molecular weight excluding hydrogens is 306 g/mol. The molecule has 0 bridgehead atoms. The summed E-state index contributed by atoms with van der Waals surface area (Å²) >= 11 is 0. The van der Waals surface area contributed by atoms with Crippen LogP contribution in [0, 0.1) is 0 Å². The Hall–Kier alpha value is -3.02. The molecule has 0 aliphatic rings. The van der Waals surface area contributed by atoms with Gasteiger partial charge in [0.25, 0.3) is 0 Å². The van der Waals surface area contributed by atoms with Gasteiger partial charge in [0, 0.05) is 11.4 Å². The van der Waals surface area contributed by atoms with Gasteiger partial charge < -0.3 is 21.5 Å². The Morgan fingerprint density at radius 3 is 2.33 bits per heavy atom. The summed E-state index contributed by atoms with van der Waals surface area (Å²) in [5.74, 6) is -1.10. The molecule has 0 fully saturated rings. The van der Waals surface area contributed by atoms with Crippen molar-refractivity contribution in [3.63, 3.8) is 0 Å². The highest BCUT2D eigenvalue weighted by Crippen LogP contribution is 2.28. The third-order valence-electron chi connectivity index (χ3n) is 3.53. The number of hydrogen-bond acceptors (Lipinski definition) is 3. The van der Waals surface area contributed by atoms with Crippen LogP contribution in [0.1, 0.15) is 36.7 Å². The zero-order valence-corrected chi connectivity index (χ0v) is 13.9. The van der Waals surface area contributed by atoms with Gasteiger partial charge in [-0.1, -0.05) is 32.9 Å². The molecule has 0 atom stereocenters. The van der Waals surface area contributed by atoms with E-state index in [1.165, 1.54) is 6.07 Å². The molecule has 6 nitrogen and oxygen atoms in total.